The highest BCUT2D eigenvalue weighted by atomic mass is 32.2. The van der Waals surface area contributed by atoms with Crippen molar-refractivity contribution in [3.63, 3.8) is 0 Å². The highest BCUT2D eigenvalue weighted by molar-refractivity contribution is 7.99. The van der Waals surface area contributed by atoms with E-state index in [1.165, 1.54) is 0 Å². The molecule has 0 saturated carbocycles. The lowest BCUT2D eigenvalue weighted by Crippen LogP contribution is -2.39. The van der Waals surface area contributed by atoms with Crippen molar-refractivity contribution >= 4 is 17.7 Å². The number of aliphatic hydroxyl groups is 1. The standard InChI is InChI=1S/C14H20N2O2S/c1-2-19-13-9-12(3-6-15-13)14(18)16-7-4-11(10-17)5-8-16/h3,6,9,11,17H,2,4-5,7-8,10H2,1H3. The van der Waals surface area contributed by atoms with Crippen LogP contribution in [0, 0.1) is 5.92 Å². The second-order valence-corrected chi connectivity index (χ2v) is 6.02. The minimum absolute atomic E-state index is 0.0803. The number of nitrogens with zero attached hydrogens (tertiary/aromatic N) is 2. The smallest absolute Gasteiger partial charge is 0.254 e. The quantitative estimate of drug-likeness (QED) is 0.858. The third-order valence-corrected chi connectivity index (χ3v) is 4.24. The molecule has 1 aromatic rings. The number of amides is 1. The molecule has 1 N–H and O–H groups in total. The van der Waals surface area contributed by atoms with E-state index in [0.717, 1.165) is 36.7 Å². The first kappa shape index (κ1) is 14.3. The van der Waals surface area contributed by atoms with Crippen LogP contribution in [-0.4, -0.2) is 46.3 Å². The molecule has 0 aliphatic carbocycles. The van der Waals surface area contributed by atoms with Crippen molar-refractivity contribution in [3.8, 4) is 0 Å². The van der Waals surface area contributed by atoms with Gasteiger partial charge in [-0.1, -0.05) is 6.92 Å². The van der Waals surface area contributed by atoms with E-state index in [-0.39, 0.29) is 12.5 Å². The fourth-order valence-corrected chi connectivity index (χ4v) is 2.91. The molecule has 1 aliphatic heterocycles. The van der Waals surface area contributed by atoms with Crippen molar-refractivity contribution in [2.24, 2.45) is 5.92 Å². The monoisotopic (exact) mass is 280 g/mol. The van der Waals surface area contributed by atoms with Gasteiger partial charge in [-0.25, -0.2) is 4.98 Å². The molecule has 1 saturated heterocycles. The summed E-state index contributed by atoms with van der Waals surface area (Å²) in [5.41, 5.74) is 0.716. The number of carbonyl (C=O) groups is 1. The summed E-state index contributed by atoms with van der Waals surface area (Å²) in [5.74, 6) is 1.39. The van der Waals surface area contributed by atoms with Crippen LogP contribution >= 0.6 is 11.8 Å². The van der Waals surface area contributed by atoms with Crippen LogP contribution in [0.1, 0.15) is 30.1 Å². The van der Waals surface area contributed by atoms with Crippen LogP contribution in [0.4, 0.5) is 0 Å². The Morgan fingerprint density at radius 1 is 1.53 bits per heavy atom. The highest BCUT2D eigenvalue weighted by Gasteiger charge is 2.23. The number of carbonyl (C=O) groups excluding carboxylic acids is 1. The number of pyridine rings is 1. The van der Waals surface area contributed by atoms with E-state index in [0.29, 0.717) is 11.5 Å². The Morgan fingerprint density at radius 3 is 2.89 bits per heavy atom. The number of hydrogen-bond acceptors (Lipinski definition) is 4. The average molecular weight is 280 g/mol. The van der Waals surface area contributed by atoms with Crippen molar-refractivity contribution in [2.75, 3.05) is 25.4 Å². The third kappa shape index (κ3) is 3.70. The number of piperidine rings is 1. The molecule has 1 aromatic heterocycles. The summed E-state index contributed by atoms with van der Waals surface area (Å²) in [6.45, 7) is 3.78. The van der Waals surface area contributed by atoms with Gasteiger partial charge in [0.05, 0.1) is 5.03 Å². The first-order chi connectivity index (χ1) is 9.24. The van der Waals surface area contributed by atoms with Gasteiger partial charge in [-0.3, -0.25) is 4.79 Å². The minimum atomic E-state index is 0.0803. The van der Waals surface area contributed by atoms with Gasteiger partial charge < -0.3 is 10.0 Å². The summed E-state index contributed by atoms with van der Waals surface area (Å²) in [5, 5.41) is 10.0. The molecule has 0 spiro atoms. The number of hydrogen-bond donors (Lipinski definition) is 1. The third-order valence-electron chi connectivity index (χ3n) is 3.43. The normalized spacial score (nSPS) is 16.6. The van der Waals surface area contributed by atoms with Crippen molar-refractivity contribution in [3.05, 3.63) is 23.9 Å². The second-order valence-electron chi connectivity index (χ2n) is 4.73. The molecule has 1 fully saturated rings. The first-order valence-corrected chi connectivity index (χ1v) is 7.72. The lowest BCUT2D eigenvalue weighted by atomic mass is 9.97. The maximum atomic E-state index is 12.4. The topological polar surface area (TPSA) is 53.4 Å². The predicted octanol–water partition coefficient (Wildman–Crippen LogP) is 2.04. The van der Waals surface area contributed by atoms with Gasteiger partial charge in [0.15, 0.2) is 0 Å². The zero-order valence-electron chi connectivity index (χ0n) is 11.2. The fourth-order valence-electron chi connectivity index (χ4n) is 2.27. The molecular formula is C14H20N2O2S. The fraction of sp³-hybridized carbons (Fsp3) is 0.571. The summed E-state index contributed by atoms with van der Waals surface area (Å²) in [7, 11) is 0. The highest BCUT2D eigenvalue weighted by Crippen LogP contribution is 2.20. The number of aliphatic hydroxyl groups excluding tert-OH is 1. The van der Waals surface area contributed by atoms with Crippen LogP contribution in [0.25, 0.3) is 0 Å². The molecule has 2 rings (SSSR count). The largest absolute Gasteiger partial charge is 0.396 e. The number of rotatable bonds is 4. The van der Waals surface area contributed by atoms with E-state index < -0.39 is 0 Å². The molecule has 0 aromatic carbocycles. The molecule has 2 heterocycles. The van der Waals surface area contributed by atoms with E-state index >= 15 is 0 Å². The summed E-state index contributed by atoms with van der Waals surface area (Å²) in [6, 6.07) is 3.65. The molecule has 4 nitrogen and oxygen atoms in total. The Labute approximate surface area is 118 Å². The summed E-state index contributed by atoms with van der Waals surface area (Å²) < 4.78 is 0. The van der Waals surface area contributed by atoms with Crippen LogP contribution in [-0.2, 0) is 0 Å². The molecular weight excluding hydrogens is 260 g/mol. The minimum Gasteiger partial charge on any atom is -0.396 e. The van der Waals surface area contributed by atoms with Crippen LogP contribution in [0.5, 0.6) is 0 Å². The first-order valence-electron chi connectivity index (χ1n) is 6.73. The lowest BCUT2D eigenvalue weighted by Gasteiger charge is -2.31. The van der Waals surface area contributed by atoms with E-state index in [4.69, 9.17) is 5.11 Å². The molecule has 0 atom stereocenters. The Kier molecular flexibility index (Phi) is 5.22. The molecule has 1 amide bonds. The van der Waals surface area contributed by atoms with Gasteiger partial charge >= 0.3 is 0 Å². The SMILES string of the molecule is CCSc1cc(C(=O)N2CCC(CO)CC2)ccn1. The van der Waals surface area contributed by atoms with Crippen molar-refractivity contribution < 1.29 is 9.90 Å². The Hall–Kier alpha value is -1.07. The molecule has 1 aliphatic rings. The number of thioether (sulfide) groups is 1. The molecule has 19 heavy (non-hydrogen) atoms. The van der Waals surface area contributed by atoms with Crippen molar-refractivity contribution in [1.29, 1.82) is 0 Å². The van der Waals surface area contributed by atoms with Crippen LogP contribution < -0.4 is 0 Å². The van der Waals surface area contributed by atoms with Gasteiger partial charge in [0.2, 0.25) is 0 Å². The maximum absolute atomic E-state index is 12.4. The van der Waals surface area contributed by atoms with Gasteiger partial charge in [-0.15, -0.1) is 11.8 Å². The van der Waals surface area contributed by atoms with E-state index in [2.05, 4.69) is 11.9 Å². The van der Waals surface area contributed by atoms with E-state index in [9.17, 15) is 4.79 Å². The zero-order valence-corrected chi connectivity index (χ0v) is 12.0. The van der Waals surface area contributed by atoms with Crippen LogP contribution in [0.3, 0.4) is 0 Å². The van der Waals surface area contributed by atoms with Gasteiger partial charge in [-0.05, 0) is 36.6 Å². The Bertz CT molecular complexity index is 431. The molecule has 104 valence electrons. The predicted molar refractivity (Wildman–Crippen MR) is 76.3 cm³/mol. The summed E-state index contributed by atoms with van der Waals surface area (Å²) >= 11 is 1.64. The van der Waals surface area contributed by atoms with Gasteiger partial charge in [0.1, 0.15) is 0 Å². The van der Waals surface area contributed by atoms with Crippen molar-refractivity contribution in [1.82, 2.24) is 9.88 Å². The lowest BCUT2D eigenvalue weighted by molar-refractivity contribution is 0.0650. The molecule has 5 heteroatoms. The van der Waals surface area contributed by atoms with Crippen LogP contribution in [0.2, 0.25) is 0 Å². The number of likely N-dealkylation sites (tertiary alicyclic amines) is 1. The number of aromatic nitrogens is 1. The van der Waals surface area contributed by atoms with Gasteiger partial charge in [0.25, 0.3) is 5.91 Å². The summed E-state index contributed by atoms with van der Waals surface area (Å²) in [4.78, 5) is 18.5. The van der Waals surface area contributed by atoms with Crippen molar-refractivity contribution in [2.45, 2.75) is 24.8 Å². The van der Waals surface area contributed by atoms with Crippen LogP contribution in [0.15, 0.2) is 23.4 Å². The Balaban J connectivity index is 2.01. The second kappa shape index (κ2) is 6.91. The average Bonchev–Trinajstić information content (AvgIpc) is 2.47. The Morgan fingerprint density at radius 2 is 2.26 bits per heavy atom. The molecule has 0 radical (unpaired) electrons. The van der Waals surface area contributed by atoms with E-state index in [1.807, 2.05) is 11.0 Å². The summed E-state index contributed by atoms with van der Waals surface area (Å²) in [6.07, 6.45) is 3.49. The van der Waals surface area contributed by atoms with Gasteiger partial charge in [0, 0.05) is 31.5 Å². The molecule has 0 unspecified atom stereocenters. The van der Waals surface area contributed by atoms with Gasteiger partial charge in [-0.2, -0.15) is 0 Å². The maximum Gasteiger partial charge on any atom is 0.254 e. The van der Waals surface area contributed by atoms with E-state index in [1.54, 1.807) is 24.0 Å². The zero-order chi connectivity index (χ0) is 13.7. The molecule has 0 bridgehead atoms.